The SMILES string of the molecule is CC(C)CCCC(C)CCCC(C)CCC(CC(C)CCCC(C)C)OC(=O)CCC(=O)O. The van der Waals surface area contributed by atoms with Crippen LogP contribution >= 0.6 is 0 Å². The Morgan fingerprint density at radius 3 is 1.55 bits per heavy atom. The van der Waals surface area contributed by atoms with E-state index in [0.29, 0.717) is 11.8 Å². The first kappa shape index (κ1) is 31.9. The van der Waals surface area contributed by atoms with Crippen LogP contribution in [0, 0.1) is 29.6 Å². The Balaban J connectivity index is 4.43. The average Bonchev–Trinajstić information content (AvgIpc) is 2.70. The molecule has 4 nitrogen and oxygen atoms in total. The molecular weight excluding hydrogens is 412 g/mol. The molecule has 0 aromatic heterocycles. The Hall–Kier alpha value is -1.06. The summed E-state index contributed by atoms with van der Waals surface area (Å²) in [7, 11) is 0. The van der Waals surface area contributed by atoms with E-state index in [-0.39, 0.29) is 24.9 Å². The second kappa shape index (κ2) is 19.3. The first-order chi connectivity index (χ1) is 15.5. The molecule has 196 valence electrons. The van der Waals surface area contributed by atoms with Crippen LogP contribution in [0.5, 0.6) is 0 Å². The molecule has 0 bridgehead atoms. The van der Waals surface area contributed by atoms with E-state index < -0.39 is 5.97 Å². The molecule has 1 N–H and O–H groups in total. The molecule has 0 radical (unpaired) electrons. The van der Waals surface area contributed by atoms with Gasteiger partial charge in [0, 0.05) is 0 Å². The number of aliphatic carboxylic acids is 1. The third-order valence-electron chi connectivity index (χ3n) is 6.84. The Labute approximate surface area is 205 Å². The van der Waals surface area contributed by atoms with Crippen LogP contribution in [-0.4, -0.2) is 23.1 Å². The van der Waals surface area contributed by atoms with E-state index in [4.69, 9.17) is 9.84 Å². The second-order valence-corrected chi connectivity index (χ2v) is 11.7. The smallest absolute Gasteiger partial charge is 0.306 e. The number of hydrogen-bond donors (Lipinski definition) is 1. The topological polar surface area (TPSA) is 63.6 Å². The highest BCUT2D eigenvalue weighted by Crippen LogP contribution is 2.25. The molecule has 0 aromatic carbocycles. The first-order valence-electron chi connectivity index (χ1n) is 13.9. The van der Waals surface area contributed by atoms with Gasteiger partial charge < -0.3 is 9.84 Å². The summed E-state index contributed by atoms with van der Waals surface area (Å²) in [5, 5.41) is 8.85. The van der Waals surface area contributed by atoms with Gasteiger partial charge in [-0.1, -0.05) is 106 Å². The van der Waals surface area contributed by atoms with E-state index in [1.165, 1.54) is 51.4 Å². The summed E-state index contributed by atoms with van der Waals surface area (Å²) < 4.78 is 5.75. The molecule has 0 spiro atoms. The molecule has 0 rings (SSSR count). The lowest BCUT2D eigenvalue weighted by Crippen LogP contribution is -2.22. The fourth-order valence-electron chi connectivity index (χ4n) is 4.57. The van der Waals surface area contributed by atoms with Crippen LogP contribution in [0.1, 0.15) is 138 Å². The number of rotatable bonds is 21. The third-order valence-corrected chi connectivity index (χ3v) is 6.84. The zero-order valence-corrected chi connectivity index (χ0v) is 23.0. The van der Waals surface area contributed by atoms with E-state index in [0.717, 1.165) is 43.4 Å². The van der Waals surface area contributed by atoms with Gasteiger partial charge >= 0.3 is 11.9 Å². The van der Waals surface area contributed by atoms with Gasteiger partial charge in [0.15, 0.2) is 0 Å². The van der Waals surface area contributed by atoms with Crippen LogP contribution in [0.15, 0.2) is 0 Å². The number of esters is 1. The minimum atomic E-state index is -0.947. The van der Waals surface area contributed by atoms with Crippen LogP contribution in [0.3, 0.4) is 0 Å². The summed E-state index contributed by atoms with van der Waals surface area (Å²) in [6.07, 6.45) is 14.0. The fourth-order valence-corrected chi connectivity index (χ4v) is 4.57. The van der Waals surface area contributed by atoms with Crippen molar-refractivity contribution >= 4 is 11.9 Å². The van der Waals surface area contributed by atoms with Crippen molar-refractivity contribution in [2.75, 3.05) is 0 Å². The number of hydrogen-bond acceptors (Lipinski definition) is 3. The molecule has 0 aromatic rings. The Morgan fingerprint density at radius 2 is 1.06 bits per heavy atom. The number of ether oxygens (including phenoxy) is 1. The molecule has 0 amide bonds. The first-order valence-corrected chi connectivity index (χ1v) is 13.9. The Morgan fingerprint density at radius 1 is 0.606 bits per heavy atom. The van der Waals surface area contributed by atoms with Gasteiger partial charge in [0.05, 0.1) is 12.8 Å². The van der Waals surface area contributed by atoms with Crippen molar-refractivity contribution in [3.05, 3.63) is 0 Å². The molecule has 0 fully saturated rings. The van der Waals surface area contributed by atoms with Gasteiger partial charge in [-0.05, 0) is 48.9 Å². The van der Waals surface area contributed by atoms with Gasteiger partial charge in [0.25, 0.3) is 0 Å². The van der Waals surface area contributed by atoms with Gasteiger partial charge in [-0.15, -0.1) is 0 Å². The third kappa shape index (κ3) is 21.2. The van der Waals surface area contributed by atoms with Crippen LogP contribution in [0.4, 0.5) is 0 Å². The lowest BCUT2D eigenvalue weighted by atomic mass is 9.89. The van der Waals surface area contributed by atoms with Crippen LogP contribution < -0.4 is 0 Å². The van der Waals surface area contributed by atoms with Crippen LogP contribution in [-0.2, 0) is 14.3 Å². The predicted octanol–water partition coefficient (Wildman–Crippen LogP) is 8.66. The predicted molar refractivity (Wildman–Crippen MR) is 139 cm³/mol. The standard InChI is InChI=1S/C29H56O4/c1-22(2)11-8-13-24(5)14-10-15-25(6)17-18-27(33-29(32)20-19-28(30)31)21-26(7)16-9-12-23(3)4/h22-27H,8-21H2,1-7H3,(H,30,31). The molecule has 0 aliphatic rings. The van der Waals surface area contributed by atoms with Crippen molar-refractivity contribution in [2.24, 2.45) is 29.6 Å². The summed E-state index contributed by atoms with van der Waals surface area (Å²) in [5.41, 5.74) is 0. The summed E-state index contributed by atoms with van der Waals surface area (Å²) in [5.74, 6) is 2.18. The molecule has 0 saturated heterocycles. The normalized spacial score (nSPS) is 15.4. The summed E-state index contributed by atoms with van der Waals surface area (Å²) >= 11 is 0. The largest absolute Gasteiger partial charge is 0.481 e. The molecule has 0 aliphatic heterocycles. The van der Waals surface area contributed by atoms with Crippen LogP contribution in [0.2, 0.25) is 0 Å². The molecule has 0 saturated carbocycles. The monoisotopic (exact) mass is 468 g/mol. The van der Waals surface area contributed by atoms with Gasteiger partial charge in [-0.2, -0.15) is 0 Å². The molecule has 4 unspecified atom stereocenters. The fraction of sp³-hybridized carbons (Fsp3) is 0.931. The van der Waals surface area contributed by atoms with Gasteiger partial charge in [0.2, 0.25) is 0 Å². The maximum absolute atomic E-state index is 12.2. The molecule has 4 heteroatoms. The minimum Gasteiger partial charge on any atom is -0.481 e. The van der Waals surface area contributed by atoms with E-state index in [9.17, 15) is 9.59 Å². The number of carbonyl (C=O) groups excluding carboxylic acids is 1. The lowest BCUT2D eigenvalue weighted by molar-refractivity contribution is -0.153. The zero-order valence-electron chi connectivity index (χ0n) is 23.0. The Kier molecular flexibility index (Phi) is 18.6. The summed E-state index contributed by atoms with van der Waals surface area (Å²) in [4.78, 5) is 23.0. The Bertz CT molecular complexity index is 500. The summed E-state index contributed by atoms with van der Waals surface area (Å²) in [6, 6.07) is 0. The molecular formula is C29H56O4. The van der Waals surface area contributed by atoms with E-state index in [2.05, 4.69) is 48.5 Å². The highest BCUT2D eigenvalue weighted by Gasteiger charge is 2.20. The van der Waals surface area contributed by atoms with Crippen molar-refractivity contribution in [1.29, 1.82) is 0 Å². The average molecular weight is 469 g/mol. The van der Waals surface area contributed by atoms with Crippen molar-refractivity contribution in [1.82, 2.24) is 0 Å². The maximum Gasteiger partial charge on any atom is 0.306 e. The number of carbonyl (C=O) groups is 2. The quantitative estimate of drug-likeness (QED) is 0.171. The van der Waals surface area contributed by atoms with Gasteiger partial charge in [-0.3, -0.25) is 9.59 Å². The number of carboxylic acid groups (broad SMARTS) is 1. The second-order valence-electron chi connectivity index (χ2n) is 11.7. The van der Waals surface area contributed by atoms with E-state index >= 15 is 0 Å². The van der Waals surface area contributed by atoms with Crippen molar-refractivity contribution < 1.29 is 19.4 Å². The molecule has 0 heterocycles. The minimum absolute atomic E-state index is 0.0299. The van der Waals surface area contributed by atoms with Crippen molar-refractivity contribution in [3.8, 4) is 0 Å². The summed E-state index contributed by atoms with van der Waals surface area (Å²) in [6.45, 7) is 16.1. The zero-order chi connectivity index (χ0) is 25.2. The molecule has 33 heavy (non-hydrogen) atoms. The molecule has 4 atom stereocenters. The highest BCUT2D eigenvalue weighted by atomic mass is 16.5. The van der Waals surface area contributed by atoms with Crippen LogP contribution in [0.25, 0.3) is 0 Å². The van der Waals surface area contributed by atoms with E-state index in [1.807, 2.05) is 0 Å². The maximum atomic E-state index is 12.2. The highest BCUT2D eigenvalue weighted by molar-refractivity contribution is 5.76. The van der Waals surface area contributed by atoms with Crippen molar-refractivity contribution in [2.45, 2.75) is 144 Å². The molecule has 0 aliphatic carbocycles. The lowest BCUT2D eigenvalue weighted by Gasteiger charge is -2.23. The van der Waals surface area contributed by atoms with Gasteiger partial charge in [0.1, 0.15) is 6.10 Å². The van der Waals surface area contributed by atoms with Crippen molar-refractivity contribution in [3.63, 3.8) is 0 Å². The number of carboxylic acids is 1. The van der Waals surface area contributed by atoms with Gasteiger partial charge in [-0.25, -0.2) is 0 Å². The van der Waals surface area contributed by atoms with E-state index in [1.54, 1.807) is 0 Å².